The van der Waals surface area contributed by atoms with E-state index in [1.54, 1.807) is 31.2 Å². The van der Waals surface area contributed by atoms with Crippen LogP contribution in [0.25, 0.3) is 0 Å². The minimum atomic E-state index is -0.720. The van der Waals surface area contributed by atoms with Gasteiger partial charge in [-0.2, -0.15) is 0 Å². The molecule has 0 aliphatic heterocycles. The van der Waals surface area contributed by atoms with Crippen molar-refractivity contribution in [2.75, 3.05) is 18.6 Å². The first-order valence-corrected chi connectivity index (χ1v) is 7.72. The number of para-hydroxylation sites is 1. The van der Waals surface area contributed by atoms with Gasteiger partial charge in [0.1, 0.15) is 24.7 Å². The van der Waals surface area contributed by atoms with Crippen LogP contribution in [0.2, 0.25) is 5.02 Å². The molecule has 1 heterocycles. The number of aliphatic hydroxyl groups excluding tert-OH is 1. The normalized spacial score (nSPS) is 12.2. The molecule has 1 aromatic heterocycles. The Morgan fingerprint density at radius 1 is 1.19 bits per heavy atom. The van der Waals surface area contributed by atoms with E-state index in [1.807, 2.05) is 12.1 Å². The van der Waals surface area contributed by atoms with Gasteiger partial charge in [-0.15, -0.1) is 35.0 Å². The van der Waals surface area contributed by atoms with Crippen LogP contribution in [0.3, 0.4) is 0 Å². The highest BCUT2D eigenvalue weighted by atomic mass is 35.5. The van der Waals surface area contributed by atoms with Crippen LogP contribution in [0.15, 0.2) is 36.4 Å². The fraction of sp³-hybridized carbons (Fsp3) is 0.333. The van der Waals surface area contributed by atoms with Gasteiger partial charge in [0.25, 0.3) is 0 Å². The number of aromatic nitrogens is 2. The van der Waals surface area contributed by atoms with Gasteiger partial charge >= 0.3 is 0 Å². The zero-order valence-corrected chi connectivity index (χ0v) is 16.4. The van der Waals surface area contributed by atoms with Crippen molar-refractivity contribution in [2.45, 2.75) is 19.3 Å². The molecule has 11 heteroatoms. The van der Waals surface area contributed by atoms with Gasteiger partial charge in [0.15, 0.2) is 5.82 Å². The van der Waals surface area contributed by atoms with Crippen molar-refractivity contribution in [3.05, 3.63) is 41.4 Å². The lowest BCUT2D eigenvalue weighted by atomic mass is 10.3. The third-order valence-electron chi connectivity index (χ3n) is 2.99. The average Bonchev–Trinajstić information content (AvgIpc) is 2.60. The van der Waals surface area contributed by atoms with Crippen molar-refractivity contribution < 1.29 is 14.6 Å². The minimum absolute atomic E-state index is 0. The Bertz CT molecular complexity index is 636. The number of hydrogen-bond donors (Lipinski definition) is 4. The summed E-state index contributed by atoms with van der Waals surface area (Å²) in [6, 6.07) is 10.4. The largest absolute Gasteiger partial charge is 0.489 e. The highest BCUT2D eigenvalue weighted by molar-refractivity contribution is 6.32. The van der Waals surface area contributed by atoms with Gasteiger partial charge in [-0.1, -0.05) is 23.7 Å². The van der Waals surface area contributed by atoms with Gasteiger partial charge < -0.3 is 20.0 Å². The molecule has 2 aromatic rings. The topological polar surface area (TPSA) is 115 Å². The Labute approximate surface area is 169 Å². The Morgan fingerprint density at radius 3 is 2.54 bits per heavy atom. The summed E-state index contributed by atoms with van der Waals surface area (Å²) in [4.78, 5) is 0. The van der Waals surface area contributed by atoms with E-state index in [0.717, 1.165) is 0 Å². The molecule has 8 nitrogen and oxygen atoms in total. The lowest BCUT2D eigenvalue weighted by Crippen LogP contribution is -2.39. The predicted molar refractivity (Wildman–Crippen MR) is 105 cm³/mol. The van der Waals surface area contributed by atoms with E-state index in [1.165, 1.54) is 0 Å². The standard InChI is InChI=1S/C15H20ClN5O3.2ClH/c1-10(24-15-7-6-14(19-17)20-21-15)18-8-11(22)9-23-13-5-3-2-4-12(13)16;;/h2-7,10-11,18,22H,8-9,17H2,1H3,(H,19,20);2*1H. The molecule has 0 radical (unpaired) electrons. The maximum absolute atomic E-state index is 9.95. The van der Waals surface area contributed by atoms with Gasteiger partial charge in [0, 0.05) is 12.6 Å². The molecule has 2 atom stereocenters. The minimum Gasteiger partial charge on any atom is -0.489 e. The van der Waals surface area contributed by atoms with E-state index in [4.69, 9.17) is 26.9 Å². The van der Waals surface area contributed by atoms with Gasteiger partial charge in [-0.3, -0.25) is 5.32 Å². The van der Waals surface area contributed by atoms with Crippen molar-refractivity contribution in [1.29, 1.82) is 0 Å². The molecule has 0 aliphatic carbocycles. The predicted octanol–water partition coefficient (Wildman–Crippen LogP) is 2.01. The van der Waals surface area contributed by atoms with Gasteiger partial charge in [-0.05, 0) is 25.1 Å². The number of hydrazine groups is 1. The number of anilines is 1. The molecular formula is C15H22Cl3N5O3. The zero-order valence-electron chi connectivity index (χ0n) is 14.0. The van der Waals surface area contributed by atoms with Crippen LogP contribution in [0.5, 0.6) is 11.6 Å². The molecule has 0 spiro atoms. The SMILES string of the molecule is CC(NCC(O)COc1ccccc1Cl)Oc1ccc(NN)nn1.Cl.Cl. The number of rotatable bonds is 9. The lowest BCUT2D eigenvalue weighted by molar-refractivity contribution is 0.0854. The van der Waals surface area contributed by atoms with Crippen LogP contribution >= 0.6 is 36.4 Å². The van der Waals surface area contributed by atoms with Crippen LogP contribution in [0, 0.1) is 0 Å². The number of ether oxygens (including phenoxy) is 2. The highest BCUT2D eigenvalue weighted by Gasteiger charge is 2.10. The number of nitrogen functional groups attached to an aromatic ring is 1. The first-order valence-electron chi connectivity index (χ1n) is 7.34. The lowest BCUT2D eigenvalue weighted by Gasteiger charge is -2.18. The number of benzene rings is 1. The summed E-state index contributed by atoms with van der Waals surface area (Å²) < 4.78 is 11.0. The maximum atomic E-state index is 9.95. The number of halogens is 3. The number of nitrogens with one attached hydrogen (secondary N) is 2. The Balaban J connectivity index is 0.00000312. The van der Waals surface area contributed by atoms with Crippen LogP contribution in [-0.4, -0.2) is 40.8 Å². The van der Waals surface area contributed by atoms with E-state index in [-0.39, 0.29) is 44.2 Å². The highest BCUT2D eigenvalue weighted by Crippen LogP contribution is 2.23. The number of nitrogens with zero attached hydrogens (tertiary/aromatic N) is 2. The Hall–Kier alpha value is -1.55. The third kappa shape index (κ3) is 8.22. The second-order valence-electron chi connectivity index (χ2n) is 4.96. The van der Waals surface area contributed by atoms with Crippen molar-refractivity contribution in [2.24, 2.45) is 5.84 Å². The fourth-order valence-corrected chi connectivity index (χ4v) is 1.98. The zero-order chi connectivity index (χ0) is 17.4. The fourth-order valence-electron chi connectivity index (χ4n) is 1.79. The summed E-state index contributed by atoms with van der Waals surface area (Å²) in [6.45, 7) is 2.18. The first kappa shape index (κ1) is 24.5. The molecule has 0 amide bonds. The van der Waals surface area contributed by atoms with E-state index in [9.17, 15) is 5.11 Å². The second kappa shape index (κ2) is 12.7. The van der Waals surface area contributed by atoms with Crippen LogP contribution < -0.4 is 26.1 Å². The van der Waals surface area contributed by atoms with Gasteiger partial charge in [-0.25, -0.2) is 5.84 Å². The molecule has 2 rings (SSSR count). The Morgan fingerprint density at radius 2 is 1.92 bits per heavy atom. The second-order valence-corrected chi connectivity index (χ2v) is 5.37. The average molecular weight is 427 g/mol. The van der Waals surface area contributed by atoms with E-state index < -0.39 is 6.10 Å². The first-order chi connectivity index (χ1) is 11.6. The number of aliphatic hydroxyl groups is 1. The number of hydrogen-bond acceptors (Lipinski definition) is 8. The van der Waals surface area contributed by atoms with Crippen LogP contribution in [0.1, 0.15) is 6.92 Å². The quantitative estimate of drug-likeness (QED) is 0.273. The molecular weight excluding hydrogens is 405 g/mol. The van der Waals surface area contributed by atoms with E-state index in [0.29, 0.717) is 22.5 Å². The molecule has 26 heavy (non-hydrogen) atoms. The van der Waals surface area contributed by atoms with Crippen molar-refractivity contribution in [1.82, 2.24) is 15.5 Å². The summed E-state index contributed by atoms with van der Waals surface area (Å²) in [5, 5.41) is 21.1. The molecule has 1 aromatic carbocycles. The molecule has 0 bridgehead atoms. The van der Waals surface area contributed by atoms with Crippen LogP contribution in [-0.2, 0) is 0 Å². The molecule has 0 aliphatic rings. The van der Waals surface area contributed by atoms with E-state index >= 15 is 0 Å². The molecule has 0 saturated carbocycles. The van der Waals surface area contributed by atoms with Gasteiger partial charge in [0.2, 0.25) is 5.88 Å². The summed E-state index contributed by atoms with van der Waals surface area (Å²) in [5.74, 6) is 6.53. The van der Waals surface area contributed by atoms with Crippen molar-refractivity contribution in [3.63, 3.8) is 0 Å². The maximum Gasteiger partial charge on any atom is 0.235 e. The smallest absolute Gasteiger partial charge is 0.235 e. The summed E-state index contributed by atoms with van der Waals surface area (Å²) >= 11 is 5.98. The molecule has 146 valence electrons. The van der Waals surface area contributed by atoms with Crippen molar-refractivity contribution in [3.8, 4) is 11.6 Å². The molecule has 0 fully saturated rings. The van der Waals surface area contributed by atoms with Gasteiger partial charge in [0.05, 0.1) is 5.02 Å². The van der Waals surface area contributed by atoms with Crippen molar-refractivity contribution >= 4 is 42.2 Å². The summed E-state index contributed by atoms with van der Waals surface area (Å²) in [6.07, 6.45) is -1.09. The molecule has 5 N–H and O–H groups in total. The Kier molecular flexibility index (Phi) is 12.0. The van der Waals surface area contributed by atoms with Crippen LogP contribution in [0.4, 0.5) is 5.82 Å². The summed E-state index contributed by atoms with van der Waals surface area (Å²) in [7, 11) is 0. The number of nitrogens with two attached hydrogens (primary N) is 1. The molecule has 2 unspecified atom stereocenters. The monoisotopic (exact) mass is 425 g/mol. The van der Waals surface area contributed by atoms with E-state index in [2.05, 4.69) is 20.9 Å². The summed E-state index contributed by atoms with van der Waals surface area (Å²) in [5.41, 5.74) is 2.38. The molecule has 0 saturated heterocycles. The third-order valence-corrected chi connectivity index (χ3v) is 3.31.